The van der Waals surface area contributed by atoms with E-state index in [1.54, 1.807) is 6.07 Å². The molecule has 0 N–H and O–H groups in total. The SMILES string of the molecule is CC1CCCN1C(=O)c1cc(F)cc(B2OC(C)(C)C(C)(C)O2)c1. The predicted octanol–water partition coefficient (Wildman–Crippen LogP) is 2.75. The number of halogens is 1. The predicted molar refractivity (Wildman–Crippen MR) is 91.8 cm³/mol. The number of amides is 1. The zero-order chi connectivity index (χ0) is 17.7. The normalized spacial score (nSPS) is 25.3. The second kappa shape index (κ2) is 5.85. The molecule has 0 aromatic heterocycles. The Hall–Kier alpha value is -1.40. The van der Waals surface area contributed by atoms with Gasteiger partial charge in [0.25, 0.3) is 5.91 Å². The molecule has 6 heteroatoms. The molecule has 0 spiro atoms. The Morgan fingerprint density at radius 2 is 1.83 bits per heavy atom. The number of likely N-dealkylation sites (tertiary alicyclic amines) is 1. The first-order valence-corrected chi connectivity index (χ1v) is 8.58. The van der Waals surface area contributed by atoms with Gasteiger partial charge in [0, 0.05) is 18.2 Å². The van der Waals surface area contributed by atoms with Gasteiger partial charge in [-0.15, -0.1) is 0 Å². The minimum absolute atomic E-state index is 0.128. The summed E-state index contributed by atoms with van der Waals surface area (Å²) < 4.78 is 26.1. The molecule has 1 aromatic carbocycles. The Morgan fingerprint density at radius 1 is 1.21 bits per heavy atom. The smallest absolute Gasteiger partial charge is 0.399 e. The third-order valence-electron chi connectivity index (χ3n) is 5.51. The van der Waals surface area contributed by atoms with Crippen molar-refractivity contribution in [3.63, 3.8) is 0 Å². The van der Waals surface area contributed by atoms with Crippen LogP contribution in [0.3, 0.4) is 0 Å². The molecule has 2 aliphatic heterocycles. The van der Waals surface area contributed by atoms with Gasteiger partial charge in [0.1, 0.15) is 5.82 Å². The van der Waals surface area contributed by atoms with Gasteiger partial charge in [-0.1, -0.05) is 0 Å². The third-order valence-corrected chi connectivity index (χ3v) is 5.51. The number of carbonyl (C=O) groups is 1. The van der Waals surface area contributed by atoms with Crippen LogP contribution in [0, 0.1) is 5.82 Å². The maximum atomic E-state index is 14.1. The Labute approximate surface area is 143 Å². The highest BCUT2D eigenvalue weighted by atomic mass is 19.1. The molecule has 130 valence electrons. The molecule has 1 atom stereocenters. The molecule has 2 aliphatic rings. The summed E-state index contributed by atoms with van der Waals surface area (Å²) in [4.78, 5) is 14.5. The van der Waals surface area contributed by atoms with Gasteiger partial charge in [-0.3, -0.25) is 4.79 Å². The molecule has 3 rings (SSSR count). The molecule has 0 radical (unpaired) electrons. The lowest BCUT2D eigenvalue weighted by Gasteiger charge is -2.32. The fourth-order valence-electron chi connectivity index (χ4n) is 3.25. The van der Waals surface area contributed by atoms with E-state index in [1.165, 1.54) is 12.1 Å². The van der Waals surface area contributed by atoms with Crippen LogP contribution in [0.1, 0.15) is 57.8 Å². The molecule has 2 fully saturated rings. The van der Waals surface area contributed by atoms with E-state index in [0.29, 0.717) is 11.0 Å². The Balaban J connectivity index is 1.89. The second-order valence-electron chi connectivity index (χ2n) is 7.85. The van der Waals surface area contributed by atoms with E-state index in [4.69, 9.17) is 9.31 Å². The van der Waals surface area contributed by atoms with E-state index in [-0.39, 0.29) is 11.9 Å². The van der Waals surface area contributed by atoms with E-state index in [2.05, 4.69) is 0 Å². The average Bonchev–Trinajstić information content (AvgIpc) is 2.99. The zero-order valence-corrected chi connectivity index (χ0v) is 15.1. The quantitative estimate of drug-likeness (QED) is 0.781. The van der Waals surface area contributed by atoms with Crippen LogP contribution in [0.2, 0.25) is 0 Å². The number of hydrogen-bond donors (Lipinski definition) is 0. The lowest BCUT2D eigenvalue weighted by atomic mass is 9.78. The summed E-state index contributed by atoms with van der Waals surface area (Å²) in [6.07, 6.45) is 1.98. The summed E-state index contributed by atoms with van der Waals surface area (Å²) in [5.74, 6) is -0.574. The van der Waals surface area contributed by atoms with Gasteiger partial charge in [0.15, 0.2) is 0 Å². The van der Waals surface area contributed by atoms with Gasteiger partial charge in [-0.25, -0.2) is 4.39 Å². The lowest BCUT2D eigenvalue weighted by Crippen LogP contribution is -2.41. The monoisotopic (exact) mass is 333 g/mol. The molecule has 1 aromatic rings. The molecule has 1 amide bonds. The molecule has 0 bridgehead atoms. The van der Waals surface area contributed by atoms with Crippen LogP contribution < -0.4 is 5.46 Å². The molecule has 2 saturated heterocycles. The first kappa shape index (κ1) is 17.4. The van der Waals surface area contributed by atoms with Crippen LogP contribution in [0.4, 0.5) is 4.39 Å². The summed E-state index contributed by atoms with van der Waals surface area (Å²) in [6.45, 7) is 10.5. The topological polar surface area (TPSA) is 38.8 Å². The molecular weight excluding hydrogens is 308 g/mol. The minimum atomic E-state index is -0.673. The number of nitrogens with zero attached hydrogens (tertiary/aromatic N) is 1. The minimum Gasteiger partial charge on any atom is -0.399 e. The zero-order valence-electron chi connectivity index (χ0n) is 15.1. The third kappa shape index (κ3) is 2.97. The van der Waals surface area contributed by atoms with Gasteiger partial charge in [0.05, 0.1) is 11.2 Å². The van der Waals surface area contributed by atoms with Crippen LogP contribution in [-0.2, 0) is 9.31 Å². The van der Waals surface area contributed by atoms with Crippen LogP contribution in [-0.4, -0.2) is 41.7 Å². The maximum absolute atomic E-state index is 14.1. The van der Waals surface area contributed by atoms with Crippen molar-refractivity contribution in [1.29, 1.82) is 0 Å². The van der Waals surface area contributed by atoms with E-state index >= 15 is 0 Å². The number of hydrogen-bond acceptors (Lipinski definition) is 3. The fraction of sp³-hybridized carbons (Fsp3) is 0.611. The molecule has 2 heterocycles. The van der Waals surface area contributed by atoms with Crippen molar-refractivity contribution in [1.82, 2.24) is 4.90 Å². The summed E-state index contributed by atoms with van der Waals surface area (Å²) in [6, 6.07) is 4.56. The first-order valence-electron chi connectivity index (χ1n) is 8.58. The number of rotatable bonds is 2. The fourth-order valence-corrected chi connectivity index (χ4v) is 3.25. The van der Waals surface area contributed by atoms with E-state index in [9.17, 15) is 9.18 Å². The molecular formula is C18H25BFNO3. The van der Waals surface area contributed by atoms with Gasteiger partial charge < -0.3 is 14.2 Å². The largest absolute Gasteiger partial charge is 0.494 e. The van der Waals surface area contributed by atoms with Crippen molar-refractivity contribution in [2.75, 3.05) is 6.54 Å². The maximum Gasteiger partial charge on any atom is 0.494 e. The highest BCUT2D eigenvalue weighted by Crippen LogP contribution is 2.36. The summed E-state index contributed by atoms with van der Waals surface area (Å²) >= 11 is 0. The number of carbonyl (C=O) groups excluding carboxylic acids is 1. The molecule has 0 saturated carbocycles. The van der Waals surface area contributed by atoms with Crippen LogP contribution in [0.15, 0.2) is 18.2 Å². The standard InChI is InChI=1S/C18H25BFNO3/c1-12-7-6-8-21(12)16(22)13-9-14(11-15(20)10-13)19-23-17(2,3)18(4,5)24-19/h9-12H,6-8H2,1-5H3. The Kier molecular flexibility index (Phi) is 4.25. The van der Waals surface area contributed by atoms with Gasteiger partial charge in [0.2, 0.25) is 0 Å². The van der Waals surface area contributed by atoms with Gasteiger partial charge in [-0.05, 0) is 71.1 Å². The molecule has 1 unspecified atom stereocenters. The second-order valence-corrected chi connectivity index (χ2v) is 7.85. The van der Waals surface area contributed by atoms with Crippen LogP contribution >= 0.6 is 0 Å². The van der Waals surface area contributed by atoms with Gasteiger partial charge in [-0.2, -0.15) is 0 Å². The molecule has 0 aliphatic carbocycles. The highest BCUT2D eigenvalue weighted by Gasteiger charge is 2.51. The molecule has 4 nitrogen and oxygen atoms in total. The summed E-state index contributed by atoms with van der Waals surface area (Å²) in [5.41, 5.74) is -0.104. The number of benzene rings is 1. The first-order chi connectivity index (χ1) is 11.1. The van der Waals surface area contributed by atoms with E-state index in [1.807, 2.05) is 39.5 Å². The average molecular weight is 333 g/mol. The van der Waals surface area contributed by atoms with E-state index in [0.717, 1.165) is 19.4 Å². The lowest BCUT2D eigenvalue weighted by molar-refractivity contribution is 0.00578. The van der Waals surface area contributed by atoms with Crippen LogP contribution in [0.25, 0.3) is 0 Å². The Morgan fingerprint density at radius 3 is 2.38 bits per heavy atom. The van der Waals surface area contributed by atoms with Crippen molar-refractivity contribution in [2.45, 2.75) is 64.7 Å². The van der Waals surface area contributed by atoms with Crippen molar-refractivity contribution in [3.8, 4) is 0 Å². The highest BCUT2D eigenvalue weighted by molar-refractivity contribution is 6.62. The van der Waals surface area contributed by atoms with Crippen molar-refractivity contribution >= 4 is 18.5 Å². The Bertz CT molecular complexity index is 646. The van der Waals surface area contributed by atoms with Crippen LogP contribution in [0.5, 0.6) is 0 Å². The summed E-state index contributed by atoms with van der Waals surface area (Å²) in [5, 5.41) is 0. The van der Waals surface area contributed by atoms with Gasteiger partial charge >= 0.3 is 7.12 Å². The van der Waals surface area contributed by atoms with E-state index < -0.39 is 24.1 Å². The molecule has 24 heavy (non-hydrogen) atoms. The van der Waals surface area contributed by atoms with Crippen molar-refractivity contribution in [3.05, 3.63) is 29.6 Å². The summed E-state index contributed by atoms with van der Waals surface area (Å²) in [7, 11) is -0.673. The van der Waals surface area contributed by atoms with Crippen molar-refractivity contribution in [2.24, 2.45) is 0 Å². The van der Waals surface area contributed by atoms with Crippen molar-refractivity contribution < 1.29 is 18.5 Å².